The third-order valence-electron chi connectivity index (χ3n) is 2.47. The third kappa shape index (κ3) is 4.18. The molecule has 0 radical (unpaired) electrons. The first-order valence-electron chi connectivity index (χ1n) is 5.48. The number of nitrogens with two attached hydrogens (primary N) is 1. The summed E-state index contributed by atoms with van der Waals surface area (Å²) < 4.78 is 37.4. The largest absolute Gasteiger partial charge is 0.417 e. The number of alkyl halides is 3. The average Bonchev–Trinajstić information content (AvgIpc) is 2.36. The molecular formula is C10H11ClF3N5O2. The van der Waals surface area contributed by atoms with E-state index in [9.17, 15) is 23.3 Å². The molecule has 7 nitrogen and oxygen atoms in total. The van der Waals surface area contributed by atoms with Crippen LogP contribution in [0.2, 0.25) is 5.02 Å². The Morgan fingerprint density at radius 2 is 2.19 bits per heavy atom. The molecule has 0 spiro atoms. The Morgan fingerprint density at radius 1 is 1.62 bits per heavy atom. The van der Waals surface area contributed by atoms with Crippen LogP contribution in [0.4, 0.5) is 19.0 Å². The Bertz CT molecular complexity index is 578. The monoisotopic (exact) mass is 325 g/mol. The van der Waals surface area contributed by atoms with Gasteiger partial charge in [-0.15, -0.1) is 0 Å². The van der Waals surface area contributed by atoms with Gasteiger partial charge in [0.2, 0.25) is 0 Å². The van der Waals surface area contributed by atoms with Crippen molar-refractivity contribution in [2.45, 2.75) is 19.1 Å². The second-order valence-corrected chi connectivity index (χ2v) is 4.44. The molecule has 0 aliphatic carbocycles. The first kappa shape index (κ1) is 17.0. The Hall–Kier alpha value is -2.10. The molecule has 0 amide bonds. The molecule has 0 aliphatic heterocycles. The molecule has 1 heterocycles. The number of rotatable bonds is 4. The summed E-state index contributed by atoms with van der Waals surface area (Å²) >= 11 is 5.71. The van der Waals surface area contributed by atoms with E-state index in [4.69, 9.17) is 17.3 Å². The summed E-state index contributed by atoms with van der Waals surface area (Å²) in [5, 5.41) is 14.9. The highest BCUT2D eigenvalue weighted by Gasteiger charge is 2.32. The van der Waals surface area contributed by atoms with Gasteiger partial charge in [-0.25, -0.2) is 9.99 Å². The fraction of sp³-hybridized carbons (Fsp3) is 0.400. The number of pyridine rings is 1. The van der Waals surface area contributed by atoms with Crippen molar-refractivity contribution in [2.24, 2.45) is 10.8 Å². The van der Waals surface area contributed by atoms with Gasteiger partial charge in [0.05, 0.1) is 10.6 Å². The number of nitrogens with zero attached hydrogens (tertiary/aromatic N) is 4. The Labute approximate surface area is 122 Å². The summed E-state index contributed by atoms with van der Waals surface area (Å²) in [6.07, 6.45) is -3.99. The molecule has 0 aliphatic rings. The van der Waals surface area contributed by atoms with Crippen molar-refractivity contribution in [3.63, 3.8) is 0 Å². The molecule has 0 saturated heterocycles. The van der Waals surface area contributed by atoms with Crippen LogP contribution < -0.4 is 10.7 Å². The Morgan fingerprint density at radius 3 is 2.62 bits per heavy atom. The zero-order valence-electron chi connectivity index (χ0n) is 10.9. The number of anilines is 1. The smallest absolute Gasteiger partial charge is 0.380 e. The van der Waals surface area contributed by atoms with Gasteiger partial charge in [-0.3, -0.25) is 10.1 Å². The van der Waals surface area contributed by atoms with E-state index in [1.54, 1.807) is 0 Å². The fourth-order valence-electron chi connectivity index (χ4n) is 1.24. The minimum atomic E-state index is -4.57. The molecule has 0 fully saturated rings. The first-order chi connectivity index (χ1) is 9.54. The SMILES string of the molecule is CC(C(N)=NN(C)c1ncc(C(F)(F)F)cc1Cl)[N+](=O)[O-]. The van der Waals surface area contributed by atoms with Gasteiger partial charge in [0.25, 0.3) is 6.04 Å². The van der Waals surface area contributed by atoms with Crippen LogP contribution in [0.3, 0.4) is 0 Å². The van der Waals surface area contributed by atoms with E-state index in [0.717, 1.165) is 5.01 Å². The van der Waals surface area contributed by atoms with Crippen LogP contribution in [0.15, 0.2) is 17.4 Å². The molecule has 2 N–H and O–H groups in total. The van der Waals surface area contributed by atoms with Gasteiger partial charge in [-0.05, 0) is 6.07 Å². The van der Waals surface area contributed by atoms with E-state index in [-0.39, 0.29) is 16.7 Å². The maximum atomic E-state index is 12.5. The highest BCUT2D eigenvalue weighted by molar-refractivity contribution is 6.33. The van der Waals surface area contributed by atoms with Gasteiger partial charge in [0.15, 0.2) is 11.7 Å². The summed E-state index contributed by atoms with van der Waals surface area (Å²) in [7, 11) is 1.31. The topological polar surface area (TPSA) is 97.7 Å². The van der Waals surface area contributed by atoms with E-state index in [2.05, 4.69) is 10.1 Å². The van der Waals surface area contributed by atoms with Gasteiger partial charge in [-0.2, -0.15) is 18.3 Å². The van der Waals surface area contributed by atoms with Crippen LogP contribution >= 0.6 is 11.6 Å². The first-order valence-corrected chi connectivity index (χ1v) is 5.85. The Balaban J connectivity index is 3.06. The van der Waals surface area contributed by atoms with E-state index in [1.807, 2.05) is 0 Å². The van der Waals surface area contributed by atoms with Crippen molar-refractivity contribution >= 4 is 23.3 Å². The standard InChI is InChI=1S/C10H11ClF3N5O2/c1-5(19(20)21)8(15)17-18(2)9-7(11)3-6(4-16-9)10(12,13)14/h3-5H,1-2H3,(H2,15,17). The molecule has 11 heteroatoms. The van der Waals surface area contributed by atoms with E-state index < -0.39 is 22.7 Å². The number of aromatic nitrogens is 1. The predicted molar refractivity (Wildman–Crippen MR) is 70.7 cm³/mol. The highest BCUT2D eigenvalue weighted by atomic mass is 35.5. The van der Waals surface area contributed by atoms with Crippen molar-refractivity contribution in [3.05, 3.63) is 33.0 Å². The van der Waals surface area contributed by atoms with E-state index in [1.165, 1.54) is 14.0 Å². The lowest BCUT2D eigenvalue weighted by Gasteiger charge is -2.16. The third-order valence-corrected chi connectivity index (χ3v) is 2.74. The van der Waals surface area contributed by atoms with Crippen molar-refractivity contribution in [3.8, 4) is 0 Å². The molecule has 0 aromatic carbocycles. The second kappa shape index (κ2) is 6.12. The molecule has 1 aromatic heterocycles. The van der Waals surface area contributed by atoms with Crippen LogP contribution in [0.1, 0.15) is 12.5 Å². The number of hydrazone groups is 1. The average molecular weight is 326 g/mol. The van der Waals surface area contributed by atoms with Crippen LogP contribution in [-0.4, -0.2) is 28.8 Å². The van der Waals surface area contributed by atoms with Crippen LogP contribution in [-0.2, 0) is 6.18 Å². The van der Waals surface area contributed by atoms with Gasteiger partial charge in [0, 0.05) is 25.1 Å². The lowest BCUT2D eigenvalue weighted by atomic mass is 10.3. The van der Waals surface area contributed by atoms with Crippen LogP contribution in [0.25, 0.3) is 0 Å². The summed E-state index contributed by atoms with van der Waals surface area (Å²) in [5.41, 5.74) is 4.41. The lowest BCUT2D eigenvalue weighted by molar-refractivity contribution is -0.498. The molecule has 1 unspecified atom stereocenters. The van der Waals surface area contributed by atoms with E-state index >= 15 is 0 Å². The number of nitro groups is 1. The summed E-state index contributed by atoms with van der Waals surface area (Å²) in [4.78, 5) is 13.4. The van der Waals surface area contributed by atoms with Gasteiger partial charge < -0.3 is 5.73 Å². The zero-order valence-corrected chi connectivity index (χ0v) is 11.7. The molecule has 116 valence electrons. The van der Waals surface area contributed by atoms with Crippen LogP contribution in [0, 0.1) is 10.1 Å². The number of halogens is 4. The maximum absolute atomic E-state index is 12.5. The summed E-state index contributed by atoms with van der Waals surface area (Å²) in [5.74, 6) is -0.441. The quantitative estimate of drug-likeness (QED) is 0.396. The highest BCUT2D eigenvalue weighted by Crippen LogP contribution is 2.33. The predicted octanol–water partition coefficient (Wildman–Crippen LogP) is 2.13. The number of hydrogen-bond acceptors (Lipinski definition) is 5. The zero-order chi connectivity index (χ0) is 16.4. The molecule has 1 aromatic rings. The molecule has 21 heavy (non-hydrogen) atoms. The summed E-state index contributed by atoms with van der Waals surface area (Å²) in [6, 6.07) is -0.566. The van der Waals surface area contributed by atoms with Gasteiger partial charge >= 0.3 is 6.18 Å². The second-order valence-electron chi connectivity index (χ2n) is 4.04. The van der Waals surface area contributed by atoms with Gasteiger partial charge in [0.1, 0.15) is 0 Å². The molecule has 0 bridgehead atoms. The minimum Gasteiger partial charge on any atom is -0.380 e. The van der Waals surface area contributed by atoms with Crippen molar-refractivity contribution in [2.75, 3.05) is 12.1 Å². The van der Waals surface area contributed by atoms with Gasteiger partial charge in [-0.1, -0.05) is 11.6 Å². The van der Waals surface area contributed by atoms with Crippen LogP contribution in [0.5, 0.6) is 0 Å². The molecule has 0 saturated carbocycles. The van der Waals surface area contributed by atoms with Crippen molar-refractivity contribution in [1.82, 2.24) is 4.98 Å². The maximum Gasteiger partial charge on any atom is 0.417 e. The van der Waals surface area contributed by atoms with Crippen molar-refractivity contribution < 1.29 is 18.1 Å². The molecule has 1 rings (SSSR count). The Kier molecular flexibility index (Phi) is 4.94. The molecular weight excluding hydrogens is 315 g/mol. The molecule has 1 atom stereocenters. The minimum absolute atomic E-state index is 0.108. The summed E-state index contributed by atoms with van der Waals surface area (Å²) in [6.45, 7) is 1.22. The normalized spacial score (nSPS) is 13.9. The number of amidine groups is 1. The van der Waals surface area contributed by atoms with E-state index in [0.29, 0.717) is 12.3 Å². The lowest BCUT2D eigenvalue weighted by Crippen LogP contribution is -2.35. The fourth-order valence-corrected chi connectivity index (χ4v) is 1.52. The van der Waals surface area contributed by atoms with Crippen molar-refractivity contribution in [1.29, 1.82) is 0 Å². The number of hydrogen-bond donors (Lipinski definition) is 1.